The topological polar surface area (TPSA) is 14.1 Å². The Morgan fingerprint density at radius 2 is 1.33 bits per heavy atom. The minimum absolute atomic E-state index is 0. The third-order valence-corrected chi connectivity index (χ3v) is 3.71. The first-order valence-electron chi connectivity index (χ1n) is 7.31. The van der Waals surface area contributed by atoms with Gasteiger partial charge in [0.05, 0.1) is 0 Å². The van der Waals surface area contributed by atoms with Gasteiger partial charge in [0.15, 0.2) is 6.20 Å². The first kappa shape index (κ1) is 18.1. The second-order valence-electron chi connectivity index (χ2n) is 7.57. The third-order valence-electron chi connectivity index (χ3n) is 3.71. The van der Waals surface area contributed by atoms with E-state index in [1.54, 1.807) is 0 Å². The minimum atomic E-state index is 0. The molecule has 2 heteroatoms. The third kappa shape index (κ3) is 4.49. The fourth-order valence-electron chi connectivity index (χ4n) is 2.25. The van der Waals surface area contributed by atoms with Crippen molar-refractivity contribution < 1.29 is 25.1 Å². The van der Waals surface area contributed by atoms with E-state index in [2.05, 4.69) is 82.9 Å². The molecule has 0 saturated heterocycles. The van der Waals surface area contributed by atoms with E-state index in [0.29, 0.717) is 0 Å². The molecule has 0 spiro atoms. The maximum atomic E-state index is 3.38. The first-order chi connectivity index (χ1) is 9.18. The number of benzene rings is 1. The molecule has 0 aliphatic rings. The SMILES string of the molecule is CC(C)(C)c1cccc(-c2cc(C(C)(C)C)cc[nH+]2)c1.[Ir+3]. The Balaban J connectivity index is 0.00000220. The van der Waals surface area contributed by atoms with Crippen LogP contribution in [0, 0.1) is 0 Å². The number of aromatic amines is 1. The monoisotopic (exact) mass is 461 g/mol. The zero-order valence-corrected chi connectivity index (χ0v) is 16.3. The van der Waals surface area contributed by atoms with Crippen LogP contribution in [0.3, 0.4) is 0 Å². The summed E-state index contributed by atoms with van der Waals surface area (Å²) in [6, 6.07) is 13.2. The van der Waals surface area contributed by atoms with Crippen molar-refractivity contribution in [2.75, 3.05) is 0 Å². The van der Waals surface area contributed by atoms with Crippen LogP contribution in [-0.2, 0) is 30.9 Å². The van der Waals surface area contributed by atoms with Gasteiger partial charge in [-0.25, -0.2) is 4.98 Å². The summed E-state index contributed by atoms with van der Waals surface area (Å²) in [5.41, 5.74) is 5.51. The normalized spacial score (nSPS) is 11.9. The maximum Gasteiger partial charge on any atom is 3.00 e. The van der Waals surface area contributed by atoms with Gasteiger partial charge in [0.25, 0.3) is 0 Å². The summed E-state index contributed by atoms with van der Waals surface area (Å²) in [4.78, 5) is 3.38. The van der Waals surface area contributed by atoms with Crippen molar-refractivity contribution in [2.24, 2.45) is 0 Å². The van der Waals surface area contributed by atoms with Crippen LogP contribution >= 0.6 is 0 Å². The molecule has 21 heavy (non-hydrogen) atoms. The number of nitrogens with one attached hydrogen (secondary N) is 1. The summed E-state index contributed by atoms with van der Waals surface area (Å²) in [5, 5.41) is 0. The Morgan fingerprint density at radius 3 is 1.90 bits per heavy atom. The maximum absolute atomic E-state index is 3.38. The molecule has 1 N–H and O–H groups in total. The average molecular weight is 461 g/mol. The van der Waals surface area contributed by atoms with E-state index in [1.165, 1.54) is 22.4 Å². The fraction of sp³-hybridized carbons (Fsp3) is 0.421. The van der Waals surface area contributed by atoms with E-state index in [0.717, 1.165) is 0 Å². The predicted molar refractivity (Wildman–Crippen MR) is 85.8 cm³/mol. The number of rotatable bonds is 1. The fourth-order valence-corrected chi connectivity index (χ4v) is 2.25. The summed E-state index contributed by atoms with van der Waals surface area (Å²) in [7, 11) is 0. The van der Waals surface area contributed by atoms with Crippen LogP contribution in [0.2, 0.25) is 0 Å². The molecule has 0 fully saturated rings. The summed E-state index contributed by atoms with van der Waals surface area (Å²) in [5.74, 6) is 0. The minimum Gasteiger partial charge on any atom is -0.211 e. The van der Waals surface area contributed by atoms with E-state index in [-0.39, 0.29) is 30.9 Å². The molecular formula is C19H26IrN+4. The van der Waals surface area contributed by atoms with Crippen molar-refractivity contribution in [3.05, 3.63) is 53.7 Å². The average Bonchev–Trinajstić information content (AvgIpc) is 2.37. The number of H-pyrrole nitrogens is 1. The molecule has 0 saturated carbocycles. The van der Waals surface area contributed by atoms with Crippen molar-refractivity contribution >= 4 is 0 Å². The van der Waals surface area contributed by atoms with Crippen molar-refractivity contribution in [2.45, 2.75) is 52.4 Å². The number of hydrogen-bond donors (Lipinski definition) is 0. The molecular weight excluding hydrogens is 434 g/mol. The van der Waals surface area contributed by atoms with Crippen molar-refractivity contribution in [1.29, 1.82) is 0 Å². The first-order valence-corrected chi connectivity index (χ1v) is 7.31. The molecule has 0 aliphatic carbocycles. The van der Waals surface area contributed by atoms with Gasteiger partial charge in [0, 0.05) is 17.7 Å². The molecule has 0 radical (unpaired) electrons. The predicted octanol–water partition coefficient (Wildman–Crippen LogP) is 4.76. The molecule has 1 aromatic heterocycles. The van der Waals surface area contributed by atoms with E-state index in [1.807, 2.05) is 6.20 Å². The van der Waals surface area contributed by atoms with Gasteiger partial charge >= 0.3 is 20.1 Å². The van der Waals surface area contributed by atoms with E-state index in [4.69, 9.17) is 0 Å². The Bertz CT molecular complexity index is 548. The summed E-state index contributed by atoms with van der Waals surface area (Å²) in [6.07, 6.45) is 2.04. The van der Waals surface area contributed by atoms with Crippen LogP contribution in [-0.4, -0.2) is 0 Å². The van der Waals surface area contributed by atoms with Gasteiger partial charge in [-0.15, -0.1) is 0 Å². The molecule has 0 aliphatic heterocycles. The van der Waals surface area contributed by atoms with Crippen LogP contribution < -0.4 is 4.98 Å². The van der Waals surface area contributed by atoms with E-state index in [9.17, 15) is 0 Å². The van der Waals surface area contributed by atoms with Crippen LogP contribution in [0.15, 0.2) is 42.6 Å². The van der Waals surface area contributed by atoms with Crippen LogP contribution in [0.5, 0.6) is 0 Å². The zero-order valence-electron chi connectivity index (χ0n) is 13.9. The molecule has 0 amide bonds. The van der Waals surface area contributed by atoms with Crippen molar-refractivity contribution in [3.63, 3.8) is 0 Å². The van der Waals surface area contributed by atoms with Crippen LogP contribution in [0.1, 0.15) is 52.7 Å². The second-order valence-corrected chi connectivity index (χ2v) is 7.57. The number of pyridine rings is 1. The van der Waals surface area contributed by atoms with Gasteiger partial charge < -0.3 is 0 Å². The van der Waals surface area contributed by atoms with Gasteiger partial charge in [0.1, 0.15) is 0 Å². The molecule has 1 aromatic carbocycles. The van der Waals surface area contributed by atoms with Gasteiger partial charge in [0.2, 0.25) is 5.69 Å². The standard InChI is InChI=1S/C19H25N.Ir/c1-18(2,3)15-9-7-8-14(12-15)17-13-16(10-11-20-17)19(4,5)6;/h7-13H,1-6H3;/q;+3/p+1. The summed E-state index contributed by atoms with van der Waals surface area (Å²) in [6.45, 7) is 13.5. The van der Waals surface area contributed by atoms with Gasteiger partial charge in [-0.2, -0.15) is 0 Å². The van der Waals surface area contributed by atoms with E-state index < -0.39 is 0 Å². The number of hydrogen-bond acceptors (Lipinski definition) is 0. The molecule has 0 unspecified atom stereocenters. The number of aromatic nitrogens is 1. The molecule has 0 atom stereocenters. The molecule has 2 aromatic rings. The Kier molecular flexibility index (Phi) is 5.52. The van der Waals surface area contributed by atoms with E-state index >= 15 is 0 Å². The van der Waals surface area contributed by atoms with Gasteiger partial charge in [-0.05, 0) is 34.1 Å². The molecule has 2 rings (SSSR count). The second kappa shape index (κ2) is 6.42. The van der Waals surface area contributed by atoms with Gasteiger partial charge in [-0.3, -0.25) is 0 Å². The van der Waals surface area contributed by atoms with Crippen molar-refractivity contribution in [3.8, 4) is 11.3 Å². The summed E-state index contributed by atoms with van der Waals surface area (Å²) < 4.78 is 0. The summed E-state index contributed by atoms with van der Waals surface area (Å²) >= 11 is 0. The van der Waals surface area contributed by atoms with Crippen LogP contribution in [0.25, 0.3) is 11.3 Å². The quantitative estimate of drug-likeness (QED) is 0.583. The zero-order chi connectivity index (χ0) is 15.0. The largest absolute Gasteiger partial charge is 3.00 e. The Labute approximate surface area is 142 Å². The molecule has 0 bridgehead atoms. The Hall–Kier alpha value is -0.981. The van der Waals surface area contributed by atoms with Crippen molar-refractivity contribution in [1.82, 2.24) is 0 Å². The molecule has 1 nitrogen and oxygen atoms in total. The molecule has 112 valence electrons. The van der Waals surface area contributed by atoms with Crippen LogP contribution in [0.4, 0.5) is 0 Å². The smallest absolute Gasteiger partial charge is 0.211 e. The van der Waals surface area contributed by atoms with Gasteiger partial charge in [-0.1, -0.05) is 53.7 Å². The Morgan fingerprint density at radius 1 is 0.762 bits per heavy atom. The molecule has 1 heterocycles.